The number of carbonyl (C=O) groups excluding carboxylic acids is 1. The number of aryl methyl sites for hydroxylation is 2. The van der Waals surface area contributed by atoms with E-state index in [1.54, 1.807) is 6.92 Å². The second-order valence-electron chi connectivity index (χ2n) is 5.99. The highest BCUT2D eigenvalue weighted by Crippen LogP contribution is 2.24. The second kappa shape index (κ2) is 6.01. The van der Waals surface area contributed by atoms with E-state index in [1.165, 1.54) is 22.9 Å². The molecule has 0 unspecified atom stereocenters. The maximum Gasteiger partial charge on any atom is 0.230 e. The molecule has 1 aliphatic rings. The average molecular weight is 327 g/mol. The highest BCUT2D eigenvalue weighted by atomic mass is 32.2. The van der Waals surface area contributed by atoms with E-state index >= 15 is 0 Å². The molecule has 0 aliphatic carbocycles. The van der Waals surface area contributed by atoms with E-state index in [4.69, 9.17) is 0 Å². The van der Waals surface area contributed by atoms with Gasteiger partial charge in [0, 0.05) is 4.90 Å². The molecular weight excluding hydrogens is 306 g/mol. The Morgan fingerprint density at radius 2 is 2.05 bits per heavy atom. The van der Waals surface area contributed by atoms with Crippen LogP contribution in [0.2, 0.25) is 0 Å². The largest absolute Gasteiger partial charge is 0.349 e. The third kappa shape index (κ3) is 4.48. The van der Waals surface area contributed by atoms with Crippen molar-refractivity contribution < 1.29 is 13.2 Å². The Morgan fingerprint density at radius 1 is 1.33 bits per heavy atom. The van der Waals surface area contributed by atoms with Gasteiger partial charge in [-0.2, -0.15) is 0 Å². The van der Waals surface area contributed by atoms with Gasteiger partial charge in [0.05, 0.1) is 22.8 Å². The Morgan fingerprint density at radius 3 is 2.62 bits per heavy atom. The third-order valence-corrected chi connectivity index (χ3v) is 6.69. The van der Waals surface area contributed by atoms with Gasteiger partial charge in [0.15, 0.2) is 9.84 Å². The van der Waals surface area contributed by atoms with Gasteiger partial charge in [-0.1, -0.05) is 6.07 Å². The molecule has 2 rings (SSSR count). The molecule has 0 aromatic heterocycles. The van der Waals surface area contributed by atoms with Crippen LogP contribution in [0.15, 0.2) is 23.1 Å². The van der Waals surface area contributed by atoms with Gasteiger partial charge in [-0.3, -0.25) is 4.79 Å². The van der Waals surface area contributed by atoms with Crippen LogP contribution in [0.4, 0.5) is 0 Å². The number of nitrogens with one attached hydrogen (secondary N) is 1. The Kier molecular flexibility index (Phi) is 4.68. The van der Waals surface area contributed by atoms with Crippen LogP contribution in [0.3, 0.4) is 0 Å². The van der Waals surface area contributed by atoms with E-state index < -0.39 is 15.4 Å². The molecular formula is C15H21NO3S2. The molecule has 1 aromatic carbocycles. The molecule has 0 spiro atoms. The van der Waals surface area contributed by atoms with Gasteiger partial charge in [0.25, 0.3) is 0 Å². The van der Waals surface area contributed by atoms with Crippen LogP contribution in [0.1, 0.15) is 24.5 Å². The SMILES string of the molecule is Cc1ccc(SCC(=O)N[C@@]2(C)CCS(=O)(=O)C2)cc1C. The molecule has 1 fully saturated rings. The lowest BCUT2D eigenvalue weighted by Crippen LogP contribution is -2.47. The first-order chi connectivity index (χ1) is 9.69. The summed E-state index contributed by atoms with van der Waals surface area (Å²) in [6.07, 6.45) is 0.495. The van der Waals surface area contributed by atoms with Crippen LogP contribution >= 0.6 is 11.8 Å². The third-order valence-electron chi connectivity index (χ3n) is 3.79. The van der Waals surface area contributed by atoms with E-state index in [1.807, 2.05) is 19.1 Å². The summed E-state index contributed by atoms with van der Waals surface area (Å²) >= 11 is 1.47. The van der Waals surface area contributed by atoms with Gasteiger partial charge in [-0.05, 0) is 50.5 Å². The van der Waals surface area contributed by atoms with Crippen LogP contribution in [0, 0.1) is 13.8 Å². The molecule has 1 N–H and O–H groups in total. The lowest BCUT2D eigenvalue weighted by atomic mass is 10.0. The zero-order chi connectivity index (χ0) is 15.7. The molecule has 0 bridgehead atoms. The molecule has 4 nitrogen and oxygen atoms in total. The van der Waals surface area contributed by atoms with Gasteiger partial charge in [0.1, 0.15) is 0 Å². The Balaban J connectivity index is 1.89. The van der Waals surface area contributed by atoms with Crippen molar-refractivity contribution in [2.45, 2.75) is 37.6 Å². The molecule has 6 heteroatoms. The molecule has 1 heterocycles. The van der Waals surface area contributed by atoms with Gasteiger partial charge in [-0.25, -0.2) is 8.42 Å². The van der Waals surface area contributed by atoms with Crippen LogP contribution in [-0.2, 0) is 14.6 Å². The minimum Gasteiger partial charge on any atom is -0.349 e. The number of thioether (sulfide) groups is 1. The molecule has 1 atom stereocenters. The molecule has 1 aliphatic heterocycles. The highest BCUT2D eigenvalue weighted by Gasteiger charge is 2.39. The van der Waals surface area contributed by atoms with Gasteiger partial charge in [-0.15, -0.1) is 11.8 Å². The predicted octanol–water partition coefficient (Wildman–Crippen LogP) is 2.09. The summed E-state index contributed by atoms with van der Waals surface area (Å²) in [6, 6.07) is 6.11. The van der Waals surface area contributed by atoms with E-state index in [9.17, 15) is 13.2 Å². The Labute approximate surface area is 130 Å². The minimum atomic E-state index is -3.00. The summed E-state index contributed by atoms with van der Waals surface area (Å²) in [5.74, 6) is 0.393. The first-order valence-corrected chi connectivity index (χ1v) is 9.71. The van der Waals surface area contributed by atoms with E-state index in [2.05, 4.69) is 18.3 Å². The fourth-order valence-corrected chi connectivity index (χ4v) is 5.32. The summed E-state index contributed by atoms with van der Waals surface area (Å²) in [5.41, 5.74) is 1.82. The number of hydrogen-bond donors (Lipinski definition) is 1. The Bertz CT molecular complexity index is 655. The lowest BCUT2D eigenvalue weighted by molar-refractivity contribution is -0.120. The maximum absolute atomic E-state index is 12.0. The minimum absolute atomic E-state index is 0.0417. The van der Waals surface area contributed by atoms with Crippen molar-refractivity contribution in [3.05, 3.63) is 29.3 Å². The first-order valence-electron chi connectivity index (χ1n) is 6.91. The van der Waals surface area contributed by atoms with Crippen molar-refractivity contribution in [2.24, 2.45) is 0 Å². The number of carbonyl (C=O) groups is 1. The zero-order valence-corrected chi connectivity index (χ0v) is 14.2. The highest BCUT2D eigenvalue weighted by molar-refractivity contribution is 8.00. The van der Waals surface area contributed by atoms with Crippen LogP contribution < -0.4 is 5.32 Å². The number of amides is 1. The first kappa shape index (κ1) is 16.4. The van der Waals surface area contributed by atoms with Gasteiger partial charge < -0.3 is 5.32 Å². The number of rotatable bonds is 4. The number of hydrogen-bond acceptors (Lipinski definition) is 4. The second-order valence-corrected chi connectivity index (χ2v) is 9.22. The van der Waals surface area contributed by atoms with Crippen molar-refractivity contribution in [1.82, 2.24) is 5.32 Å². The van der Waals surface area contributed by atoms with Crippen molar-refractivity contribution in [2.75, 3.05) is 17.3 Å². The molecule has 1 saturated heterocycles. The smallest absolute Gasteiger partial charge is 0.230 e. The summed E-state index contributed by atoms with van der Waals surface area (Å²) < 4.78 is 23.0. The lowest BCUT2D eigenvalue weighted by Gasteiger charge is -2.23. The quantitative estimate of drug-likeness (QED) is 0.860. The summed E-state index contributed by atoms with van der Waals surface area (Å²) in [4.78, 5) is 13.1. The molecule has 116 valence electrons. The summed E-state index contributed by atoms with van der Waals surface area (Å²) in [6.45, 7) is 5.90. The summed E-state index contributed by atoms with van der Waals surface area (Å²) in [5, 5.41) is 2.87. The zero-order valence-electron chi connectivity index (χ0n) is 12.6. The topological polar surface area (TPSA) is 63.2 Å². The molecule has 21 heavy (non-hydrogen) atoms. The molecule has 1 amide bonds. The van der Waals surface area contributed by atoms with Gasteiger partial charge in [0.2, 0.25) is 5.91 Å². The van der Waals surface area contributed by atoms with E-state index in [0.717, 1.165) is 4.90 Å². The van der Waals surface area contributed by atoms with Gasteiger partial charge >= 0.3 is 0 Å². The van der Waals surface area contributed by atoms with Crippen molar-refractivity contribution in [3.63, 3.8) is 0 Å². The van der Waals surface area contributed by atoms with Crippen LogP contribution in [-0.4, -0.2) is 37.1 Å². The maximum atomic E-state index is 12.0. The molecule has 0 radical (unpaired) electrons. The predicted molar refractivity (Wildman–Crippen MR) is 86.5 cm³/mol. The van der Waals surface area contributed by atoms with Crippen LogP contribution in [0.5, 0.6) is 0 Å². The van der Waals surface area contributed by atoms with Crippen LogP contribution in [0.25, 0.3) is 0 Å². The average Bonchev–Trinajstić information content (AvgIpc) is 2.65. The number of sulfone groups is 1. The van der Waals surface area contributed by atoms with E-state index in [0.29, 0.717) is 12.2 Å². The Hall–Kier alpha value is -1.01. The molecule has 0 saturated carbocycles. The number of benzene rings is 1. The summed E-state index contributed by atoms with van der Waals surface area (Å²) in [7, 11) is -3.00. The fourth-order valence-electron chi connectivity index (χ4n) is 2.43. The van der Waals surface area contributed by atoms with E-state index in [-0.39, 0.29) is 17.4 Å². The molecule has 1 aromatic rings. The van der Waals surface area contributed by atoms with Crippen molar-refractivity contribution >= 4 is 27.5 Å². The van der Waals surface area contributed by atoms with Crippen molar-refractivity contribution in [3.8, 4) is 0 Å². The standard InChI is InChI=1S/C15H21NO3S2/c1-11-4-5-13(8-12(11)2)20-9-14(17)16-15(3)6-7-21(18,19)10-15/h4-5,8H,6-7,9-10H2,1-3H3,(H,16,17)/t15-/m0/s1. The normalized spacial score (nSPS) is 24.0. The van der Waals surface area contributed by atoms with Crippen molar-refractivity contribution in [1.29, 1.82) is 0 Å². The monoisotopic (exact) mass is 327 g/mol. The fraction of sp³-hybridized carbons (Fsp3) is 0.533.